The summed E-state index contributed by atoms with van der Waals surface area (Å²) in [6.45, 7) is 3.12. The molecule has 16 heavy (non-hydrogen) atoms. The molecular formula is C15H22O. The second-order valence-electron chi connectivity index (χ2n) is 4.73. The van der Waals surface area contributed by atoms with Gasteiger partial charge in [-0.2, -0.15) is 0 Å². The fourth-order valence-corrected chi connectivity index (χ4v) is 1.75. The number of carbonyl (C=O) groups excluding carboxylic acids is 1. The molecule has 0 heterocycles. The van der Waals surface area contributed by atoms with Gasteiger partial charge in [0.25, 0.3) is 0 Å². The van der Waals surface area contributed by atoms with E-state index < -0.39 is 18.6 Å². The topological polar surface area (TPSA) is 17.1 Å². The first kappa shape index (κ1) is 7.26. The quantitative estimate of drug-likeness (QED) is 0.398. The summed E-state index contributed by atoms with van der Waals surface area (Å²) in [5, 5.41) is 0. The molecule has 88 valence electrons. The van der Waals surface area contributed by atoms with Crippen LogP contribution in [0.15, 0.2) is 34.9 Å². The van der Waals surface area contributed by atoms with Crippen molar-refractivity contribution in [3.05, 3.63) is 34.9 Å². The van der Waals surface area contributed by atoms with Crippen LogP contribution < -0.4 is 0 Å². The van der Waals surface area contributed by atoms with E-state index in [2.05, 4.69) is 0 Å². The Labute approximate surface area is 106 Å². The van der Waals surface area contributed by atoms with Crippen molar-refractivity contribution >= 4 is 6.29 Å². The average molecular weight is 223 g/mol. The Morgan fingerprint density at radius 1 is 1.56 bits per heavy atom. The molecular weight excluding hydrogens is 196 g/mol. The van der Waals surface area contributed by atoms with Gasteiger partial charge in [0.2, 0.25) is 0 Å². The largest absolute Gasteiger partial charge is 0.299 e. The minimum absolute atomic E-state index is 0.110. The van der Waals surface area contributed by atoms with E-state index in [0.717, 1.165) is 0 Å². The summed E-state index contributed by atoms with van der Waals surface area (Å²) >= 11 is 0. The van der Waals surface area contributed by atoms with Crippen LogP contribution in [0.4, 0.5) is 0 Å². The van der Waals surface area contributed by atoms with Crippen LogP contribution in [0.3, 0.4) is 0 Å². The van der Waals surface area contributed by atoms with Gasteiger partial charge in [0.05, 0.1) is 0 Å². The monoisotopic (exact) mass is 223 g/mol. The van der Waals surface area contributed by atoms with E-state index in [1.165, 1.54) is 6.08 Å². The molecule has 0 saturated carbocycles. The molecule has 0 radical (unpaired) electrons. The molecule has 1 rings (SSSR count). The zero-order chi connectivity index (χ0) is 16.5. The Hall–Kier alpha value is -1.11. The third kappa shape index (κ3) is 3.19. The van der Waals surface area contributed by atoms with Crippen molar-refractivity contribution in [3.8, 4) is 0 Å². The van der Waals surface area contributed by atoms with E-state index in [1.54, 1.807) is 19.1 Å². The maximum atomic E-state index is 10.4. The molecule has 0 aromatic heterocycles. The SMILES string of the molecule is [2H]C([2H])([2H])C1=C(C=CC(C)=CC=O)C(C)(C)CCC1([2H])[2H]. The molecule has 0 aromatic carbocycles. The van der Waals surface area contributed by atoms with E-state index in [0.29, 0.717) is 23.9 Å². The molecule has 0 N–H and O–H groups in total. The van der Waals surface area contributed by atoms with E-state index >= 15 is 0 Å². The maximum Gasteiger partial charge on any atom is 0.143 e. The van der Waals surface area contributed by atoms with E-state index in [1.807, 2.05) is 13.8 Å². The van der Waals surface area contributed by atoms with Crippen molar-refractivity contribution in [1.29, 1.82) is 0 Å². The van der Waals surface area contributed by atoms with E-state index in [9.17, 15) is 4.79 Å². The highest BCUT2D eigenvalue weighted by atomic mass is 16.1. The first-order valence-corrected chi connectivity index (χ1v) is 5.48. The third-order valence-corrected chi connectivity index (χ3v) is 2.89. The Bertz CT molecular complexity index is 507. The van der Waals surface area contributed by atoms with Gasteiger partial charge in [0.1, 0.15) is 6.29 Å². The van der Waals surface area contributed by atoms with Crippen LogP contribution in [0.2, 0.25) is 0 Å². The summed E-state index contributed by atoms with van der Waals surface area (Å²) in [7, 11) is 0. The lowest BCUT2D eigenvalue weighted by atomic mass is 9.72. The van der Waals surface area contributed by atoms with Gasteiger partial charge in [0, 0.05) is 6.85 Å². The fraction of sp³-hybridized carbons (Fsp3) is 0.533. The molecule has 1 nitrogen and oxygen atoms in total. The van der Waals surface area contributed by atoms with Crippen LogP contribution in [0.25, 0.3) is 0 Å². The maximum absolute atomic E-state index is 10.4. The Kier molecular flexibility index (Phi) is 2.40. The highest BCUT2D eigenvalue weighted by Crippen LogP contribution is 2.40. The molecule has 0 spiro atoms. The lowest BCUT2D eigenvalue weighted by Gasteiger charge is -2.32. The van der Waals surface area contributed by atoms with Crippen molar-refractivity contribution in [1.82, 2.24) is 0 Å². The number of aldehydes is 1. The predicted octanol–water partition coefficient (Wildman–Crippen LogP) is 4.21. The van der Waals surface area contributed by atoms with Crippen molar-refractivity contribution in [2.24, 2.45) is 5.41 Å². The van der Waals surface area contributed by atoms with Crippen molar-refractivity contribution in [3.63, 3.8) is 0 Å². The minimum Gasteiger partial charge on any atom is -0.299 e. The number of hydrogen-bond acceptors (Lipinski definition) is 1. The second-order valence-corrected chi connectivity index (χ2v) is 4.73. The number of carbonyl (C=O) groups is 1. The molecule has 0 aliphatic heterocycles. The smallest absolute Gasteiger partial charge is 0.143 e. The molecule has 0 atom stereocenters. The highest BCUT2D eigenvalue weighted by molar-refractivity contribution is 5.67. The molecule has 0 amide bonds. The average Bonchev–Trinajstić information content (AvgIpc) is 2.29. The van der Waals surface area contributed by atoms with Gasteiger partial charge in [-0.05, 0) is 55.6 Å². The number of allylic oxidation sites excluding steroid dienone is 6. The van der Waals surface area contributed by atoms with Gasteiger partial charge in [-0.25, -0.2) is 0 Å². The van der Waals surface area contributed by atoms with Crippen LogP contribution >= 0.6 is 0 Å². The minimum atomic E-state index is -2.47. The van der Waals surface area contributed by atoms with Crippen LogP contribution in [-0.2, 0) is 4.79 Å². The Morgan fingerprint density at radius 3 is 2.94 bits per heavy atom. The normalized spacial score (nSPS) is 30.2. The standard InChI is InChI=1S/C15H22O/c1-12(9-11-16)7-8-14-13(2)6-5-10-15(14,3)4/h7-9,11H,5-6,10H2,1-4H3/i2D3,6D2. The van der Waals surface area contributed by atoms with Crippen molar-refractivity contribution in [2.45, 2.75) is 46.8 Å². The van der Waals surface area contributed by atoms with Crippen LogP contribution in [0, 0.1) is 5.41 Å². The third-order valence-electron chi connectivity index (χ3n) is 2.89. The molecule has 0 fully saturated rings. The Morgan fingerprint density at radius 2 is 2.31 bits per heavy atom. The lowest BCUT2D eigenvalue weighted by molar-refractivity contribution is -0.104. The first-order valence-electron chi connectivity index (χ1n) is 7.98. The molecule has 0 unspecified atom stereocenters. The summed E-state index contributed by atoms with van der Waals surface area (Å²) < 4.78 is 39.2. The summed E-state index contributed by atoms with van der Waals surface area (Å²) in [4.78, 5) is 10.4. The zero-order valence-corrected chi connectivity index (χ0v) is 10.1. The van der Waals surface area contributed by atoms with Crippen LogP contribution in [0.5, 0.6) is 0 Å². The summed E-state index contributed by atoms with van der Waals surface area (Å²) in [5.41, 5.74) is 0.691. The van der Waals surface area contributed by atoms with Gasteiger partial charge < -0.3 is 0 Å². The second kappa shape index (κ2) is 5.29. The molecule has 0 saturated heterocycles. The lowest BCUT2D eigenvalue weighted by Crippen LogP contribution is -2.19. The van der Waals surface area contributed by atoms with Gasteiger partial charge >= 0.3 is 0 Å². The van der Waals surface area contributed by atoms with Gasteiger partial charge in [-0.15, -0.1) is 0 Å². The zero-order valence-electron chi connectivity index (χ0n) is 15.1. The van der Waals surface area contributed by atoms with Gasteiger partial charge in [-0.1, -0.05) is 31.6 Å². The van der Waals surface area contributed by atoms with Crippen LogP contribution in [0.1, 0.15) is 53.7 Å². The van der Waals surface area contributed by atoms with E-state index in [4.69, 9.17) is 6.85 Å². The van der Waals surface area contributed by atoms with Gasteiger partial charge in [0.15, 0.2) is 0 Å². The van der Waals surface area contributed by atoms with Crippen molar-refractivity contribution < 1.29 is 11.6 Å². The first-order chi connectivity index (χ1) is 9.42. The fourth-order valence-electron chi connectivity index (χ4n) is 1.75. The highest BCUT2D eigenvalue weighted by Gasteiger charge is 2.26. The summed E-state index contributed by atoms with van der Waals surface area (Å²) in [5.74, 6) is 0. The van der Waals surface area contributed by atoms with Crippen molar-refractivity contribution in [2.75, 3.05) is 0 Å². The van der Waals surface area contributed by atoms with Gasteiger partial charge in [-0.3, -0.25) is 4.79 Å². The molecule has 0 bridgehead atoms. The number of hydrogen-bond donors (Lipinski definition) is 0. The molecule has 1 aliphatic carbocycles. The van der Waals surface area contributed by atoms with E-state index in [-0.39, 0.29) is 12.0 Å². The number of rotatable bonds is 3. The van der Waals surface area contributed by atoms with Crippen LogP contribution in [-0.4, -0.2) is 6.29 Å². The predicted molar refractivity (Wildman–Crippen MR) is 69.3 cm³/mol. The summed E-state index contributed by atoms with van der Waals surface area (Å²) in [6.07, 6.45) is 4.32. The Balaban J connectivity index is 3.49. The summed E-state index contributed by atoms with van der Waals surface area (Å²) in [6, 6.07) is 0. The molecule has 1 heteroatoms. The molecule has 0 aromatic rings. The molecule has 1 aliphatic rings.